The first-order chi connectivity index (χ1) is 11.7. The number of benzene rings is 2. The quantitative estimate of drug-likeness (QED) is 0.765. The van der Waals surface area contributed by atoms with Crippen LogP contribution < -0.4 is 9.47 Å². The second-order valence-corrected chi connectivity index (χ2v) is 5.99. The van der Waals surface area contributed by atoms with Crippen LogP contribution in [0.3, 0.4) is 0 Å². The highest BCUT2D eigenvalue weighted by Gasteiger charge is 2.35. The maximum absolute atomic E-state index is 12.1. The van der Waals surface area contributed by atoms with E-state index in [1.165, 1.54) is 0 Å². The predicted octanol–water partition coefficient (Wildman–Crippen LogP) is 3.31. The zero-order valence-electron chi connectivity index (χ0n) is 13.4. The Hall–Kier alpha value is -2.62. The van der Waals surface area contributed by atoms with Gasteiger partial charge >= 0.3 is 0 Å². The molecule has 4 heteroatoms. The summed E-state index contributed by atoms with van der Waals surface area (Å²) in [5, 5.41) is 0. The molecule has 1 aliphatic rings. The van der Waals surface area contributed by atoms with Gasteiger partial charge in [0, 0.05) is 0 Å². The molecular formula is C20H20O4. The number of hydrogen-bond acceptors (Lipinski definition) is 4. The second-order valence-electron chi connectivity index (χ2n) is 5.99. The molecule has 2 aromatic rings. The number of ether oxygens (including phenoxy) is 2. The van der Waals surface area contributed by atoms with Crippen molar-refractivity contribution in [3.8, 4) is 11.5 Å². The molecule has 0 amide bonds. The van der Waals surface area contributed by atoms with Crippen molar-refractivity contribution in [1.82, 2.24) is 0 Å². The number of para-hydroxylation sites is 2. The average molecular weight is 324 g/mol. The first kappa shape index (κ1) is 16.2. The minimum atomic E-state index is -0.257. The van der Waals surface area contributed by atoms with Crippen LogP contribution in [-0.2, 0) is 9.59 Å². The van der Waals surface area contributed by atoms with Gasteiger partial charge in [0.1, 0.15) is 23.1 Å². The summed E-state index contributed by atoms with van der Waals surface area (Å²) in [6, 6.07) is 18.8. The predicted molar refractivity (Wildman–Crippen MR) is 90.1 cm³/mol. The highest BCUT2D eigenvalue weighted by molar-refractivity contribution is 6.03. The Kier molecular flexibility index (Phi) is 5.26. The van der Waals surface area contributed by atoms with E-state index in [9.17, 15) is 9.59 Å². The fraction of sp³-hybridized carbons (Fsp3) is 0.300. The van der Waals surface area contributed by atoms with E-state index >= 15 is 0 Å². The Balaban J connectivity index is 1.55. The molecule has 124 valence electrons. The van der Waals surface area contributed by atoms with Crippen molar-refractivity contribution in [3.63, 3.8) is 0 Å². The van der Waals surface area contributed by atoms with Gasteiger partial charge in [0.05, 0.1) is 31.5 Å². The van der Waals surface area contributed by atoms with Gasteiger partial charge in [0.25, 0.3) is 0 Å². The molecule has 2 unspecified atom stereocenters. The van der Waals surface area contributed by atoms with Crippen LogP contribution in [0.1, 0.15) is 12.8 Å². The molecule has 0 saturated heterocycles. The Morgan fingerprint density at radius 3 is 1.54 bits per heavy atom. The number of rotatable bonds is 6. The van der Waals surface area contributed by atoms with Gasteiger partial charge in [-0.2, -0.15) is 0 Å². The molecule has 24 heavy (non-hydrogen) atoms. The van der Waals surface area contributed by atoms with E-state index in [0.29, 0.717) is 19.6 Å². The van der Waals surface area contributed by atoms with Gasteiger partial charge in [-0.1, -0.05) is 36.4 Å². The number of carbonyl (C=O) groups excluding carboxylic acids is 2. The lowest BCUT2D eigenvalue weighted by Gasteiger charge is -2.27. The maximum atomic E-state index is 12.1. The van der Waals surface area contributed by atoms with Crippen molar-refractivity contribution >= 4 is 11.6 Å². The normalized spacial score (nSPS) is 20.7. The molecule has 2 atom stereocenters. The molecule has 0 spiro atoms. The highest BCUT2D eigenvalue weighted by atomic mass is 16.5. The van der Waals surface area contributed by atoms with Gasteiger partial charge in [0.15, 0.2) is 0 Å². The maximum Gasteiger partial charge on any atom is 0.146 e. The third-order valence-corrected chi connectivity index (χ3v) is 4.22. The Bertz CT molecular complexity index is 622. The van der Waals surface area contributed by atoms with Gasteiger partial charge < -0.3 is 9.47 Å². The van der Waals surface area contributed by atoms with Crippen molar-refractivity contribution < 1.29 is 19.1 Å². The topological polar surface area (TPSA) is 52.6 Å². The van der Waals surface area contributed by atoms with Crippen molar-refractivity contribution in [3.05, 3.63) is 60.7 Å². The van der Waals surface area contributed by atoms with E-state index in [-0.39, 0.29) is 29.8 Å². The fourth-order valence-corrected chi connectivity index (χ4v) is 2.82. The van der Waals surface area contributed by atoms with Crippen LogP contribution in [-0.4, -0.2) is 24.8 Å². The molecule has 0 aromatic heterocycles. The molecule has 1 aliphatic carbocycles. The first-order valence-electron chi connectivity index (χ1n) is 8.13. The summed E-state index contributed by atoms with van der Waals surface area (Å²) in [4.78, 5) is 24.2. The van der Waals surface area contributed by atoms with Crippen LogP contribution in [0.4, 0.5) is 0 Å². The van der Waals surface area contributed by atoms with Crippen molar-refractivity contribution in [1.29, 1.82) is 0 Å². The summed E-state index contributed by atoms with van der Waals surface area (Å²) in [6.45, 7) is 0.607. The van der Waals surface area contributed by atoms with Crippen molar-refractivity contribution in [2.45, 2.75) is 12.8 Å². The number of ketones is 2. The van der Waals surface area contributed by atoms with Gasteiger partial charge in [-0.3, -0.25) is 9.59 Å². The Labute approximate surface area is 141 Å². The largest absolute Gasteiger partial charge is 0.493 e. The molecule has 2 aromatic carbocycles. The van der Waals surface area contributed by atoms with Crippen LogP contribution in [0.2, 0.25) is 0 Å². The lowest BCUT2D eigenvalue weighted by atomic mass is 9.80. The minimum absolute atomic E-state index is 0.0222. The molecule has 0 radical (unpaired) electrons. The van der Waals surface area contributed by atoms with Crippen LogP contribution in [0.15, 0.2) is 60.7 Å². The molecule has 0 N–H and O–H groups in total. The third kappa shape index (κ3) is 4.22. The SMILES string of the molecule is O=C1CC(=O)C(COc2ccccc2)CC1COc1ccccc1. The van der Waals surface area contributed by atoms with E-state index in [4.69, 9.17) is 9.47 Å². The van der Waals surface area contributed by atoms with Gasteiger partial charge in [-0.25, -0.2) is 0 Å². The summed E-state index contributed by atoms with van der Waals surface area (Å²) < 4.78 is 11.4. The average Bonchev–Trinajstić information content (AvgIpc) is 2.62. The van der Waals surface area contributed by atoms with Crippen molar-refractivity contribution in [2.24, 2.45) is 11.8 Å². The smallest absolute Gasteiger partial charge is 0.146 e. The molecule has 3 rings (SSSR count). The highest BCUT2D eigenvalue weighted by Crippen LogP contribution is 2.26. The van der Waals surface area contributed by atoms with E-state index < -0.39 is 0 Å². The molecule has 0 aliphatic heterocycles. The minimum Gasteiger partial charge on any atom is -0.493 e. The van der Waals surface area contributed by atoms with Gasteiger partial charge in [-0.15, -0.1) is 0 Å². The molecular weight excluding hydrogens is 304 g/mol. The van der Waals surface area contributed by atoms with Gasteiger partial charge in [-0.05, 0) is 30.7 Å². The first-order valence-corrected chi connectivity index (χ1v) is 8.13. The third-order valence-electron chi connectivity index (χ3n) is 4.22. The van der Waals surface area contributed by atoms with Crippen LogP contribution >= 0.6 is 0 Å². The van der Waals surface area contributed by atoms with Crippen LogP contribution in [0, 0.1) is 11.8 Å². The molecule has 1 saturated carbocycles. The number of carbonyl (C=O) groups is 2. The monoisotopic (exact) mass is 324 g/mol. The van der Waals surface area contributed by atoms with E-state index in [0.717, 1.165) is 11.5 Å². The molecule has 0 bridgehead atoms. The molecule has 1 fully saturated rings. The second kappa shape index (κ2) is 7.77. The molecule has 0 heterocycles. The summed E-state index contributed by atoms with van der Waals surface area (Å²) in [7, 11) is 0. The van der Waals surface area contributed by atoms with E-state index in [1.807, 2.05) is 60.7 Å². The summed E-state index contributed by atoms with van der Waals surface area (Å²) in [5.41, 5.74) is 0. The Morgan fingerprint density at radius 1 is 0.708 bits per heavy atom. The summed E-state index contributed by atoms with van der Waals surface area (Å²) in [6.07, 6.45) is 0.461. The Morgan fingerprint density at radius 2 is 1.12 bits per heavy atom. The number of hydrogen-bond donors (Lipinski definition) is 0. The van der Waals surface area contributed by atoms with Gasteiger partial charge in [0.2, 0.25) is 0 Å². The number of Topliss-reactive ketones (excluding diaryl/α,β-unsaturated/α-hetero) is 2. The fourth-order valence-electron chi connectivity index (χ4n) is 2.82. The molecule has 4 nitrogen and oxygen atoms in total. The lowest BCUT2D eigenvalue weighted by Crippen LogP contribution is -2.38. The van der Waals surface area contributed by atoms with Crippen LogP contribution in [0.25, 0.3) is 0 Å². The van der Waals surface area contributed by atoms with E-state index in [2.05, 4.69) is 0 Å². The summed E-state index contributed by atoms with van der Waals surface area (Å²) in [5.74, 6) is 0.886. The zero-order chi connectivity index (χ0) is 16.8. The van der Waals surface area contributed by atoms with Crippen molar-refractivity contribution in [2.75, 3.05) is 13.2 Å². The summed E-state index contributed by atoms with van der Waals surface area (Å²) >= 11 is 0. The standard InChI is InChI=1S/C20H20O4/c21-19-12-20(22)16(14-24-18-9-5-2-6-10-18)11-15(19)13-23-17-7-3-1-4-8-17/h1-10,15-16H,11-14H2. The zero-order valence-corrected chi connectivity index (χ0v) is 13.4. The lowest BCUT2D eigenvalue weighted by molar-refractivity contribution is -0.137. The van der Waals surface area contributed by atoms with E-state index in [1.54, 1.807) is 0 Å². The van der Waals surface area contributed by atoms with Crippen LogP contribution in [0.5, 0.6) is 11.5 Å².